The van der Waals surface area contributed by atoms with Crippen molar-refractivity contribution in [2.45, 2.75) is 32.1 Å². The molecule has 0 fully saturated rings. The minimum Gasteiger partial charge on any atom is -0.497 e. The molecule has 0 aromatic heterocycles. The lowest BCUT2D eigenvalue weighted by Crippen LogP contribution is -2.52. The maximum atomic E-state index is 13.0. The van der Waals surface area contributed by atoms with Crippen LogP contribution in [-0.2, 0) is 16.6 Å². The van der Waals surface area contributed by atoms with Crippen LogP contribution in [0, 0.1) is 0 Å². The molecule has 0 aliphatic carbocycles. The minimum absolute atomic E-state index is 0.162. The number of nitrogens with one attached hydrogen (secondary N) is 1. The summed E-state index contributed by atoms with van der Waals surface area (Å²) in [5.74, 6) is 1.62. The number of carbonyl (C=O) groups excluding carboxylic acids is 2. The van der Waals surface area contributed by atoms with Gasteiger partial charge in [0.1, 0.15) is 5.75 Å². The van der Waals surface area contributed by atoms with Crippen molar-refractivity contribution in [2.75, 3.05) is 41.0 Å². The average molecular weight is 441 g/mol. The van der Waals surface area contributed by atoms with Crippen molar-refractivity contribution in [3.05, 3.63) is 53.1 Å². The molecule has 0 radical (unpaired) electrons. The highest BCUT2D eigenvalue weighted by molar-refractivity contribution is 6.13. The van der Waals surface area contributed by atoms with Gasteiger partial charge in [0.25, 0.3) is 5.91 Å². The first-order valence-corrected chi connectivity index (χ1v) is 10.8. The Labute approximate surface area is 189 Å². The van der Waals surface area contributed by atoms with E-state index in [1.807, 2.05) is 38.1 Å². The smallest absolute Gasteiger partial charge is 0.260 e. The maximum absolute atomic E-state index is 13.0. The van der Waals surface area contributed by atoms with Gasteiger partial charge >= 0.3 is 0 Å². The lowest BCUT2D eigenvalue weighted by molar-refractivity contribution is -0.134. The highest BCUT2D eigenvalue weighted by Crippen LogP contribution is 2.36. The fourth-order valence-electron chi connectivity index (χ4n) is 4.02. The van der Waals surface area contributed by atoms with E-state index < -0.39 is 5.41 Å². The third kappa shape index (κ3) is 4.72. The third-order valence-electron chi connectivity index (χ3n) is 5.93. The lowest BCUT2D eigenvalue weighted by Gasteiger charge is -2.37. The Bertz CT molecular complexity index is 986. The molecular formula is C25H32N2O5. The van der Waals surface area contributed by atoms with Gasteiger partial charge < -0.3 is 19.5 Å². The molecule has 1 heterocycles. The van der Waals surface area contributed by atoms with E-state index in [0.717, 1.165) is 24.1 Å². The van der Waals surface area contributed by atoms with Crippen molar-refractivity contribution in [3.63, 3.8) is 0 Å². The van der Waals surface area contributed by atoms with E-state index in [2.05, 4.69) is 5.32 Å². The highest BCUT2D eigenvalue weighted by atomic mass is 16.5. The predicted octanol–water partition coefficient (Wildman–Crippen LogP) is 3.19. The molecule has 0 atom stereocenters. The van der Waals surface area contributed by atoms with Gasteiger partial charge in [-0.05, 0) is 75.2 Å². The van der Waals surface area contributed by atoms with Crippen molar-refractivity contribution >= 4 is 11.8 Å². The van der Waals surface area contributed by atoms with Gasteiger partial charge in [-0.15, -0.1) is 0 Å². The number of carbonyl (C=O) groups is 2. The Hall–Kier alpha value is -3.06. The number of amides is 2. The number of hydrogen-bond donors (Lipinski definition) is 1. The molecule has 0 unspecified atom stereocenters. The monoisotopic (exact) mass is 440 g/mol. The number of nitrogens with zero attached hydrogens (tertiary/aromatic N) is 1. The van der Waals surface area contributed by atoms with Crippen LogP contribution in [-0.4, -0.2) is 57.7 Å². The summed E-state index contributed by atoms with van der Waals surface area (Å²) >= 11 is 0. The molecule has 1 aliphatic rings. The molecule has 2 amide bonds. The van der Waals surface area contributed by atoms with Crippen molar-refractivity contribution < 1.29 is 23.8 Å². The molecule has 7 heteroatoms. The van der Waals surface area contributed by atoms with Crippen LogP contribution in [0.15, 0.2) is 36.4 Å². The van der Waals surface area contributed by atoms with E-state index in [9.17, 15) is 9.59 Å². The van der Waals surface area contributed by atoms with Gasteiger partial charge in [0, 0.05) is 12.1 Å². The highest BCUT2D eigenvalue weighted by Gasteiger charge is 2.44. The maximum Gasteiger partial charge on any atom is 0.260 e. The molecule has 0 bridgehead atoms. The summed E-state index contributed by atoms with van der Waals surface area (Å²) in [6, 6.07) is 11.2. The van der Waals surface area contributed by atoms with Gasteiger partial charge in [-0.3, -0.25) is 14.5 Å². The van der Waals surface area contributed by atoms with Crippen LogP contribution < -0.4 is 19.5 Å². The van der Waals surface area contributed by atoms with Crippen molar-refractivity contribution in [2.24, 2.45) is 0 Å². The summed E-state index contributed by atoms with van der Waals surface area (Å²) in [6.45, 7) is 5.59. The van der Waals surface area contributed by atoms with Gasteiger partial charge in [0.15, 0.2) is 11.5 Å². The van der Waals surface area contributed by atoms with Gasteiger partial charge in [0.2, 0.25) is 5.91 Å². The Morgan fingerprint density at radius 3 is 2.34 bits per heavy atom. The first kappa shape index (κ1) is 23.6. The second-order valence-corrected chi connectivity index (χ2v) is 8.34. The Morgan fingerprint density at radius 2 is 1.66 bits per heavy atom. The first-order valence-electron chi connectivity index (χ1n) is 10.8. The molecule has 1 N–H and O–H groups in total. The molecule has 3 rings (SSSR count). The normalized spacial score (nSPS) is 14.8. The SMILES string of the molecule is COc1ccc2c(c1)C(=O)N(CCCNCCc1ccc(OC)c(OC)c1)C(=O)C2(C)C. The molecule has 2 aromatic carbocycles. The van der Waals surface area contributed by atoms with Gasteiger partial charge in [0.05, 0.1) is 26.7 Å². The lowest BCUT2D eigenvalue weighted by atomic mass is 9.77. The summed E-state index contributed by atoms with van der Waals surface area (Å²) in [5, 5.41) is 3.39. The first-order chi connectivity index (χ1) is 15.3. The average Bonchev–Trinajstić information content (AvgIpc) is 2.81. The van der Waals surface area contributed by atoms with Crippen LogP contribution in [0.4, 0.5) is 0 Å². The zero-order chi connectivity index (χ0) is 23.3. The second-order valence-electron chi connectivity index (χ2n) is 8.34. The van der Waals surface area contributed by atoms with Crippen LogP contribution >= 0.6 is 0 Å². The number of fused-ring (bicyclic) bond motifs is 1. The molecule has 2 aromatic rings. The molecule has 0 saturated heterocycles. The largest absolute Gasteiger partial charge is 0.497 e. The fourth-order valence-corrected chi connectivity index (χ4v) is 4.02. The van der Waals surface area contributed by atoms with Crippen LogP contribution in [0.5, 0.6) is 17.2 Å². The van der Waals surface area contributed by atoms with Crippen molar-refractivity contribution in [3.8, 4) is 17.2 Å². The Kier molecular flexibility index (Phi) is 7.40. The molecule has 1 aliphatic heterocycles. The fraction of sp³-hybridized carbons (Fsp3) is 0.440. The zero-order valence-corrected chi connectivity index (χ0v) is 19.5. The van der Waals surface area contributed by atoms with Crippen LogP contribution in [0.1, 0.15) is 41.8 Å². The molecule has 0 spiro atoms. The van der Waals surface area contributed by atoms with E-state index in [0.29, 0.717) is 42.3 Å². The van der Waals surface area contributed by atoms with Crippen LogP contribution in [0.2, 0.25) is 0 Å². The summed E-state index contributed by atoms with van der Waals surface area (Å²) in [5.41, 5.74) is 1.67. The van der Waals surface area contributed by atoms with Gasteiger partial charge in [-0.2, -0.15) is 0 Å². The van der Waals surface area contributed by atoms with Gasteiger partial charge in [-0.1, -0.05) is 12.1 Å². The van der Waals surface area contributed by atoms with E-state index in [1.54, 1.807) is 33.5 Å². The predicted molar refractivity (Wildman–Crippen MR) is 123 cm³/mol. The van der Waals surface area contributed by atoms with E-state index in [-0.39, 0.29) is 11.8 Å². The van der Waals surface area contributed by atoms with Crippen LogP contribution in [0.25, 0.3) is 0 Å². The number of imide groups is 1. The van der Waals surface area contributed by atoms with Crippen LogP contribution in [0.3, 0.4) is 0 Å². The minimum atomic E-state index is -0.754. The summed E-state index contributed by atoms with van der Waals surface area (Å²) in [7, 11) is 4.81. The molecule has 0 saturated carbocycles. The summed E-state index contributed by atoms with van der Waals surface area (Å²) < 4.78 is 15.9. The number of benzene rings is 2. The molecular weight excluding hydrogens is 408 g/mol. The Balaban J connectivity index is 1.53. The Morgan fingerprint density at radius 1 is 0.906 bits per heavy atom. The summed E-state index contributed by atoms with van der Waals surface area (Å²) in [4.78, 5) is 27.4. The van der Waals surface area contributed by atoms with E-state index in [4.69, 9.17) is 14.2 Å². The standard InChI is InChI=1S/C25H32N2O5/c1-25(2)20-9-8-18(30-3)16-19(20)23(28)27(24(25)29)14-6-12-26-13-11-17-7-10-21(31-4)22(15-17)32-5/h7-10,15-16,26H,6,11-14H2,1-5H3. The number of hydrogen-bond acceptors (Lipinski definition) is 6. The molecule has 7 nitrogen and oxygen atoms in total. The third-order valence-corrected chi connectivity index (χ3v) is 5.93. The number of rotatable bonds is 10. The zero-order valence-electron chi connectivity index (χ0n) is 19.5. The van der Waals surface area contributed by atoms with Gasteiger partial charge in [-0.25, -0.2) is 0 Å². The molecule has 32 heavy (non-hydrogen) atoms. The van der Waals surface area contributed by atoms with Crippen molar-refractivity contribution in [1.29, 1.82) is 0 Å². The topological polar surface area (TPSA) is 77.1 Å². The van der Waals surface area contributed by atoms with E-state index >= 15 is 0 Å². The summed E-state index contributed by atoms with van der Waals surface area (Å²) in [6.07, 6.45) is 1.51. The molecule has 172 valence electrons. The quantitative estimate of drug-likeness (QED) is 0.452. The van der Waals surface area contributed by atoms with E-state index in [1.165, 1.54) is 4.90 Å². The number of ether oxygens (including phenoxy) is 3. The number of methoxy groups -OCH3 is 3. The second kappa shape index (κ2) is 10.0. The van der Waals surface area contributed by atoms with Crippen molar-refractivity contribution in [1.82, 2.24) is 10.2 Å².